The second-order valence-corrected chi connectivity index (χ2v) is 4.60. The van der Waals surface area contributed by atoms with Gasteiger partial charge in [-0.05, 0) is 41.2 Å². The molecule has 0 N–H and O–H groups in total. The van der Waals surface area contributed by atoms with Gasteiger partial charge in [0.2, 0.25) is 0 Å². The van der Waals surface area contributed by atoms with Crippen molar-refractivity contribution in [3.8, 4) is 5.75 Å². The molecule has 0 unspecified atom stereocenters. The third-order valence-electron chi connectivity index (χ3n) is 2.96. The van der Waals surface area contributed by atoms with Crippen molar-refractivity contribution >= 4 is 28.0 Å². The Morgan fingerprint density at radius 2 is 1.42 bits per heavy atom. The van der Waals surface area contributed by atoms with Crippen LogP contribution in [0.5, 0.6) is 5.75 Å². The van der Waals surface area contributed by atoms with Crippen LogP contribution < -0.4 is 4.74 Å². The minimum atomic E-state index is 0.503. The van der Waals surface area contributed by atoms with Crippen LogP contribution in [0.15, 0.2) is 72.8 Å². The van der Waals surface area contributed by atoms with Crippen molar-refractivity contribution in [2.45, 2.75) is 0 Å². The zero-order valence-electron chi connectivity index (χ0n) is 10.2. The Balaban J connectivity index is 1.98. The molecular weight excluding hydrogens is 252 g/mol. The Bertz CT molecular complexity index is 714. The fraction of sp³-hybridized carbons (Fsp3) is 0. The molecule has 0 atom stereocenters. The zero-order chi connectivity index (χ0) is 13.1. The maximum atomic E-state index is 5.74. The minimum absolute atomic E-state index is 0.503. The fourth-order valence-corrected chi connectivity index (χ4v) is 2.33. The van der Waals surface area contributed by atoms with Gasteiger partial charge in [0.05, 0.1) is 0 Å². The Morgan fingerprint density at radius 1 is 0.737 bits per heavy atom. The quantitative estimate of drug-likeness (QED) is 0.626. The molecule has 3 aromatic carbocycles. The van der Waals surface area contributed by atoms with E-state index in [0.717, 1.165) is 16.7 Å². The third kappa shape index (κ3) is 2.49. The first-order chi connectivity index (χ1) is 9.34. The molecule has 0 radical (unpaired) electrons. The molecule has 2 heteroatoms. The van der Waals surface area contributed by atoms with Gasteiger partial charge in [0.25, 0.3) is 0 Å². The number of ether oxygens (including phenoxy) is 1. The molecule has 0 heterocycles. The van der Waals surface area contributed by atoms with Crippen LogP contribution in [-0.4, -0.2) is 5.05 Å². The molecule has 92 valence electrons. The highest BCUT2D eigenvalue weighted by Gasteiger charge is 2.07. The smallest absolute Gasteiger partial charge is 0.198 e. The van der Waals surface area contributed by atoms with E-state index < -0.39 is 0 Å². The topological polar surface area (TPSA) is 9.23 Å². The van der Waals surface area contributed by atoms with Crippen molar-refractivity contribution in [1.29, 1.82) is 0 Å². The maximum Gasteiger partial charge on any atom is 0.198 e. The number of thiocarbonyl (C=S) groups is 1. The molecule has 0 aliphatic rings. The number of para-hydroxylation sites is 1. The molecule has 0 saturated carbocycles. The summed E-state index contributed by atoms with van der Waals surface area (Å²) in [6.07, 6.45) is 0. The van der Waals surface area contributed by atoms with Crippen LogP contribution in [0.3, 0.4) is 0 Å². The number of fused-ring (bicyclic) bond motifs is 1. The number of benzene rings is 3. The van der Waals surface area contributed by atoms with Crippen LogP contribution in [0.25, 0.3) is 10.8 Å². The van der Waals surface area contributed by atoms with E-state index >= 15 is 0 Å². The van der Waals surface area contributed by atoms with E-state index in [1.54, 1.807) is 0 Å². The van der Waals surface area contributed by atoms with Gasteiger partial charge in [-0.1, -0.05) is 54.6 Å². The fourth-order valence-electron chi connectivity index (χ4n) is 2.05. The third-order valence-corrected chi connectivity index (χ3v) is 3.27. The van der Waals surface area contributed by atoms with E-state index in [2.05, 4.69) is 18.2 Å². The van der Waals surface area contributed by atoms with Crippen LogP contribution in [0.4, 0.5) is 0 Å². The highest BCUT2D eigenvalue weighted by atomic mass is 32.1. The Labute approximate surface area is 117 Å². The van der Waals surface area contributed by atoms with Crippen LogP contribution in [0, 0.1) is 0 Å². The normalized spacial score (nSPS) is 10.3. The first-order valence-electron chi connectivity index (χ1n) is 6.09. The molecule has 0 aromatic heterocycles. The van der Waals surface area contributed by atoms with Crippen LogP contribution >= 0.6 is 12.2 Å². The predicted octanol–water partition coefficient (Wildman–Crippen LogP) is 4.59. The number of rotatable bonds is 2. The maximum absolute atomic E-state index is 5.74. The van der Waals surface area contributed by atoms with Gasteiger partial charge in [0, 0.05) is 5.56 Å². The van der Waals surface area contributed by atoms with Crippen LogP contribution in [-0.2, 0) is 0 Å². The van der Waals surface area contributed by atoms with E-state index in [9.17, 15) is 0 Å². The Hall–Kier alpha value is -2.19. The lowest BCUT2D eigenvalue weighted by atomic mass is 10.1. The van der Waals surface area contributed by atoms with Gasteiger partial charge in [0.1, 0.15) is 5.75 Å². The molecule has 0 fully saturated rings. The molecule has 0 bridgehead atoms. The molecule has 19 heavy (non-hydrogen) atoms. The predicted molar refractivity (Wildman–Crippen MR) is 82.7 cm³/mol. The number of hydrogen-bond acceptors (Lipinski definition) is 2. The molecular formula is C17H12OS. The Kier molecular flexibility index (Phi) is 3.25. The molecule has 0 saturated heterocycles. The lowest BCUT2D eigenvalue weighted by Gasteiger charge is -2.09. The first kappa shape index (κ1) is 11.9. The van der Waals surface area contributed by atoms with E-state index in [-0.39, 0.29) is 0 Å². The zero-order valence-corrected chi connectivity index (χ0v) is 11.1. The van der Waals surface area contributed by atoms with Crippen molar-refractivity contribution in [1.82, 2.24) is 0 Å². The van der Waals surface area contributed by atoms with Crippen molar-refractivity contribution in [2.24, 2.45) is 0 Å². The van der Waals surface area contributed by atoms with E-state index in [1.165, 1.54) is 5.39 Å². The summed E-state index contributed by atoms with van der Waals surface area (Å²) in [6, 6.07) is 23.8. The van der Waals surface area contributed by atoms with Gasteiger partial charge in [-0.2, -0.15) is 0 Å². The number of hydrogen-bond donors (Lipinski definition) is 0. The average molecular weight is 264 g/mol. The summed E-state index contributed by atoms with van der Waals surface area (Å²) in [6.45, 7) is 0. The van der Waals surface area contributed by atoms with Gasteiger partial charge in [-0.15, -0.1) is 0 Å². The van der Waals surface area contributed by atoms with Gasteiger partial charge in [-0.3, -0.25) is 0 Å². The summed E-state index contributed by atoms with van der Waals surface area (Å²) in [4.78, 5) is 0. The van der Waals surface area contributed by atoms with Crippen molar-refractivity contribution in [3.63, 3.8) is 0 Å². The second kappa shape index (κ2) is 5.21. The lowest BCUT2D eigenvalue weighted by molar-refractivity contribution is 0.567. The van der Waals surface area contributed by atoms with E-state index in [0.29, 0.717) is 5.05 Å². The van der Waals surface area contributed by atoms with Gasteiger partial charge in [-0.25, -0.2) is 0 Å². The van der Waals surface area contributed by atoms with Crippen molar-refractivity contribution in [3.05, 3.63) is 78.4 Å². The first-order valence-corrected chi connectivity index (χ1v) is 6.50. The molecule has 0 aliphatic heterocycles. The van der Waals surface area contributed by atoms with E-state index in [1.807, 2.05) is 54.6 Å². The summed E-state index contributed by atoms with van der Waals surface area (Å²) in [5, 5.41) is 2.79. The van der Waals surface area contributed by atoms with Gasteiger partial charge >= 0.3 is 0 Å². The summed E-state index contributed by atoms with van der Waals surface area (Å²) in [7, 11) is 0. The average Bonchev–Trinajstić information content (AvgIpc) is 2.47. The van der Waals surface area contributed by atoms with Gasteiger partial charge in [0.15, 0.2) is 5.05 Å². The summed E-state index contributed by atoms with van der Waals surface area (Å²) < 4.78 is 5.74. The lowest BCUT2D eigenvalue weighted by Crippen LogP contribution is -2.07. The monoisotopic (exact) mass is 264 g/mol. The second-order valence-electron chi connectivity index (χ2n) is 4.23. The minimum Gasteiger partial charge on any atom is -0.445 e. The standard InChI is InChI=1S/C17H12OS/c19-17(18-14-9-2-1-3-10-14)16-12-6-8-13-7-4-5-11-15(13)16/h1-12H. The SMILES string of the molecule is S=C(Oc1ccccc1)c1cccc2ccccc12. The summed E-state index contributed by atoms with van der Waals surface area (Å²) in [5.74, 6) is 0.764. The van der Waals surface area contributed by atoms with Crippen LogP contribution in [0.2, 0.25) is 0 Å². The van der Waals surface area contributed by atoms with Gasteiger partial charge < -0.3 is 4.74 Å². The molecule has 1 nitrogen and oxygen atoms in total. The van der Waals surface area contributed by atoms with Crippen molar-refractivity contribution < 1.29 is 4.74 Å². The summed E-state index contributed by atoms with van der Waals surface area (Å²) >= 11 is 5.41. The molecule has 0 amide bonds. The Morgan fingerprint density at radius 3 is 2.26 bits per heavy atom. The summed E-state index contributed by atoms with van der Waals surface area (Å²) in [5.41, 5.74) is 0.956. The molecule has 3 rings (SSSR count). The van der Waals surface area contributed by atoms with Crippen LogP contribution in [0.1, 0.15) is 5.56 Å². The highest BCUT2D eigenvalue weighted by Crippen LogP contribution is 2.21. The molecule has 3 aromatic rings. The molecule has 0 aliphatic carbocycles. The highest BCUT2D eigenvalue weighted by molar-refractivity contribution is 7.80. The molecule has 0 spiro atoms. The van der Waals surface area contributed by atoms with E-state index in [4.69, 9.17) is 17.0 Å². The largest absolute Gasteiger partial charge is 0.445 e. The van der Waals surface area contributed by atoms with Crippen molar-refractivity contribution in [2.75, 3.05) is 0 Å².